The summed E-state index contributed by atoms with van der Waals surface area (Å²) >= 11 is 0. The number of ether oxygens (including phenoxy) is 1. The topological polar surface area (TPSA) is 22.1 Å². The van der Waals surface area contributed by atoms with Crippen molar-refractivity contribution in [3.63, 3.8) is 0 Å². The largest absolute Gasteiger partial charge is 0.481 e. The summed E-state index contributed by atoms with van der Waals surface area (Å²) in [5.74, 6) is 2.40. The second-order valence-electron chi connectivity index (χ2n) is 4.48. The highest BCUT2D eigenvalue weighted by Crippen LogP contribution is 2.56. The van der Waals surface area contributed by atoms with E-state index >= 15 is 0 Å². The Balaban J connectivity index is 2.24. The monoisotopic (exact) mass is 189 g/mol. The average molecular weight is 189 g/mol. The first-order valence-electron chi connectivity index (χ1n) is 5.34. The number of hydrogen-bond acceptors (Lipinski definition) is 2. The number of nitrogens with zero attached hydrogens (tertiary/aromatic N) is 1. The highest BCUT2D eigenvalue weighted by Gasteiger charge is 2.40. The third-order valence-electron chi connectivity index (χ3n) is 3.76. The summed E-state index contributed by atoms with van der Waals surface area (Å²) in [4.78, 5) is 4.36. The van der Waals surface area contributed by atoms with E-state index in [1.54, 1.807) is 12.7 Å². The van der Waals surface area contributed by atoms with Crippen molar-refractivity contribution < 1.29 is 4.74 Å². The average Bonchev–Trinajstić information content (AvgIpc) is 2.79. The highest BCUT2D eigenvalue weighted by atomic mass is 16.5. The van der Waals surface area contributed by atoms with Crippen LogP contribution in [0.4, 0.5) is 0 Å². The molecule has 0 saturated heterocycles. The lowest BCUT2D eigenvalue weighted by atomic mass is 9.90. The Kier molecular flexibility index (Phi) is 1.61. The maximum Gasteiger partial charge on any atom is 0.216 e. The van der Waals surface area contributed by atoms with Gasteiger partial charge in [-0.1, -0.05) is 0 Å². The minimum absolute atomic E-state index is 0.734. The molecule has 74 valence electrons. The molecule has 0 aromatic carbocycles. The maximum atomic E-state index is 5.35. The molecule has 1 fully saturated rings. The Hall–Kier alpha value is -1.05. The Morgan fingerprint density at radius 1 is 1.29 bits per heavy atom. The summed E-state index contributed by atoms with van der Waals surface area (Å²) in [5, 5.41) is 0. The van der Waals surface area contributed by atoms with Gasteiger partial charge < -0.3 is 4.74 Å². The Bertz CT molecular complexity index is 386. The van der Waals surface area contributed by atoms with Crippen molar-refractivity contribution in [2.24, 2.45) is 0 Å². The fourth-order valence-electron chi connectivity index (χ4n) is 3.23. The Morgan fingerprint density at radius 2 is 2.00 bits per heavy atom. The number of rotatable bonds is 1. The lowest BCUT2D eigenvalue weighted by Crippen LogP contribution is -2.04. The van der Waals surface area contributed by atoms with Crippen molar-refractivity contribution in [3.8, 4) is 5.88 Å². The van der Waals surface area contributed by atoms with Crippen LogP contribution in [0.3, 0.4) is 0 Å². The molecule has 2 unspecified atom stereocenters. The number of pyridine rings is 1. The molecule has 2 aliphatic carbocycles. The van der Waals surface area contributed by atoms with E-state index in [0.29, 0.717) is 0 Å². The van der Waals surface area contributed by atoms with Crippen LogP contribution in [0.2, 0.25) is 0 Å². The van der Waals surface area contributed by atoms with Crippen molar-refractivity contribution >= 4 is 0 Å². The van der Waals surface area contributed by atoms with Gasteiger partial charge in [-0.05, 0) is 49.1 Å². The minimum atomic E-state index is 0.734. The van der Waals surface area contributed by atoms with Crippen LogP contribution in [-0.2, 0) is 0 Å². The number of fused-ring (bicyclic) bond motifs is 5. The van der Waals surface area contributed by atoms with Gasteiger partial charge in [-0.25, -0.2) is 4.98 Å². The summed E-state index contributed by atoms with van der Waals surface area (Å²) in [5.41, 5.74) is 4.32. The third kappa shape index (κ3) is 0.887. The zero-order chi connectivity index (χ0) is 9.71. The molecule has 0 amide bonds. The van der Waals surface area contributed by atoms with Gasteiger partial charge in [0.1, 0.15) is 0 Å². The normalized spacial score (nSPS) is 27.9. The van der Waals surface area contributed by atoms with Crippen LogP contribution in [0, 0.1) is 6.92 Å². The lowest BCUT2D eigenvalue weighted by Gasteiger charge is -2.18. The van der Waals surface area contributed by atoms with E-state index in [-0.39, 0.29) is 0 Å². The van der Waals surface area contributed by atoms with Gasteiger partial charge >= 0.3 is 0 Å². The van der Waals surface area contributed by atoms with Gasteiger partial charge in [-0.3, -0.25) is 0 Å². The van der Waals surface area contributed by atoms with E-state index in [1.165, 1.54) is 30.4 Å². The first-order chi connectivity index (χ1) is 6.81. The van der Waals surface area contributed by atoms with Gasteiger partial charge in [0.25, 0.3) is 0 Å². The molecule has 0 spiro atoms. The van der Waals surface area contributed by atoms with Crippen LogP contribution >= 0.6 is 0 Å². The molecule has 14 heavy (non-hydrogen) atoms. The van der Waals surface area contributed by atoms with Gasteiger partial charge in [0.2, 0.25) is 5.88 Å². The van der Waals surface area contributed by atoms with Crippen LogP contribution in [0.1, 0.15) is 47.8 Å². The molecule has 1 heterocycles. The zero-order valence-corrected chi connectivity index (χ0v) is 8.71. The number of hydrogen-bond donors (Lipinski definition) is 0. The zero-order valence-electron chi connectivity index (χ0n) is 8.71. The predicted octanol–water partition coefficient (Wildman–Crippen LogP) is 2.76. The summed E-state index contributed by atoms with van der Waals surface area (Å²) in [6.07, 6.45) is 5.99. The Morgan fingerprint density at radius 3 is 2.71 bits per heavy atom. The number of aromatic nitrogens is 1. The predicted molar refractivity (Wildman–Crippen MR) is 54.9 cm³/mol. The highest BCUT2D eigenvalue weighted by molar-refractivity contribution is 5.49. The Labute approximate surface area is 84.3 Å². The molecular weight excluding hydrogens is 174 g/mol. The van der Waals surface area contributed by atoms with Crippen molar-refractivity contribution in [2.45, 2.75) is 38.0 Å². The lowest BCUT2D eigenvalue weighted by molar-refractivity contribution is 0.388. The fourth-order valence-corrected chi connectivity index (χ4v) is 3.23. The summed E-state index contributed by atoms with van der Waals surface area (Å²) < 4.78 is 5.35. The van der Waals surface area contributed by atoms with Crippen LogP contribution in [0.15, 0.2) is 6.20 Å². The van der Waals surface area contributed by atoms with Crippen LogP contribution < -0.4 is 4.74 Å². The second-order valence-corrected chi connectivity index (χ2v) is 4.48. The summed E-state index contributed by atoms with van der Waals surface area (Å²) in [7, 11) is 1.73. The van der Waals surface area contributed by atoms with E-state index in [1.807, 2.05) is 6.20 Å². The van der Waals surface area contributed by atoms with Gasteiger partial charge in [-0.2, -0.15) is 0 Å². The molecule has 3 rings (SSSR count). The number of aryl methyl sites for hydroxylation is 1. The second kappa shape index (κ2) is 2.72. The van der Waals surface area contributed by atoms with Gasteiger partial charge in [-0.15, -0.1) is 0 Å². The molecule has 2 heteroatoms. The maximum absolute atomic E-state index is 5.35. The van der Waals surface area contributed by atoms with Crippen LogP contribution in [0.5, 0.6) is 5.88 Å². The molecule has 1 aromatic heterocycles. The third-order valence-corrected chi connectivity index (χ3v) is 3.76. The summed E-state index contributed by atoms with van der Waals surface area (Å²) in [6, 6.07) is 0. The van der Waals surface area contributed by atoms with E-state index in [0.717, 1.165) is 17.7 Å². The van der Waals surface area contributed by atoms with E-state index in [4.69, 9.17) is 4.74 Å². The molecule has 0 radical (unpaired) electrons. The molecule has 0 aliphatic heterocycles. The summed E-state index contributed by atoms with van der Waals surface area (Å²) in [6.45, 7) is 2.17. The van der Waals surface area contributed by atoms with Gasteiger partial charge in [0.05, 0.1) is 7.11 Å². The molecule has 2 nitrogen and oxygen atoms in total. The molecule has 2 aliphatic rings. The quantitative estimate of drug-likeness (QED) is 0.677. The molecule has 2 bridgehead atoms. The molecule has 2 atom stereocenters. The molecular formula is C12H15NO. The van der Waals surface area contributed by atoms with Crippen LogP contribution in [-0.4, -0.2) is 12.1 Å². The smallest absolute Gasteiger partial charge is 0.216 e. The molecule has 1 saturated carbocycles. The van der Waals surface area contributed by atoms with E-state index in [9.17, 15) is 0 Å². The standard InChI is InChI=1S/C12H15NO/c1-7-6-13-12(14-2)11-9-4-3-8(5-9)10(7)11/h6,8-9H,3-5H2,1-2H3. The first-order valence-corrected chi connectivity index (χ1v) is 5.34. The van der Waals surface area contributed by atoms with E-state index < -0.39 is 0 Å². The van der Waals surface area contributed by atoms with Gasteiger partial charge in [0.15, 0.2) is 0 Å². The molecule has 1 aromatic rings. The van der Waals surface area contributed by atoms with Crippen molar-refractivity contribution in [1.82, 2.24) is 4.98 Å². The number of methoxy groups -OCH3 is 1. The van der Waals surface area contributed by atoms with Crippen molar-refractivity contribution in [2.75, 3.05) is 7.11 Å². The van der Waals surface area contributed by atoms with Gasteiger partial charge in [0, 0.05) is 11.8 Å². The van der Waals surface area contributed by atoms with Crippen molar-refractivity contribution in [1.29, 1.82) is 0 Å². The minimum Gasteiger partial charge on any atom is -0.481 e. The SMILES string of the molecule is COc1ncc(C)c2c1C1CCC2C1. The fraction of sp³-hybridized carbons (Fsp3) is 0.583. The van der Waals surface area contributed by atoms with E-state index in [2.05, 4.69) is 11.9 Å². The first kappa shape index (κ1) is 8.27. The van der Waals surface area contributed by atoms with Crippen molar-refractivity contribution in [3.05, 3.63) is 22.9 Å². The molecule has 0 N–H and O–H groups in total. The van der Waals surface area contributed by atoms with Crippen LogP contribution in [0.25, 0.3) is 0 Å².